The third-order valence-corrected chi connectivity index (χ3v) is 5.85. The third-order valence-electron chi connectivity index (χ3n) is 3.25. The van der Waals surface area contributed by atoms with Crippen LogP contribution in [0.25, 0.3) is 0 Å². The highest BCUT2D eigenvalue weighted by Gasteiger charge is 2.34. The van der Waals surface area contributed by atoms with E-state index in [0.717, 1.165) is 12.1 Å². The second kappa shape index (κ2) is 6.33. The first-order valence-corrected chi connectivity index (χ1v) is 8.68. The van der Waals surface area contributed by atoms with Crippen molar-refractivity contribution in [3.8, 4) is 0 Å². The molecule has 9 heteroatoms. The molecule has 1 saturated heterocycles. The monoisotopic (exact) mass is 366 g/mol. The first-order chi connectivity index (χ1) is 10.1. The number of halogens is 2. The number of morpholine rings is 1. The van der Waals surface area contributed by atoms with E-state index >= 15 is 0 Å². The van der Waals surface area contributed by atoms with E-state index in [-0.39, 0.29) is 40.2 Å². The number of nitrogens with zero attached hydrogens (tertiary/aromatic N) is 1. The number of hydrogen-bond acceptors (Lipinski definition) is 5. The molecule has 22 heavy (non-hydrogen) atoms. The van der Waals surface area contributed by atoms with Crippen molar-refractivity contribution in [1.29, 1.82) is 0 Å². The molecule has 0 radical (unpaired) electrons. The average molecular weight is 367 g/mol. The van der Waals surface area contributed by atoms with Gasteiger partial charge in [-0.05, 0) is 26.0 Å². The molecule has 0 N–H and O–H groups in total. The maximum atomic E-state index is 12.7. The Morgan fingerprint density at radius 1 is 1.23 bits per heavy atom. The van der Waals surface area contributed by atoms with Crippen molar-refractivity contribution in [2.45, 2.75) is 31.0 Å². The van der Waals surface area contributed by atoms with Crippen molar-refractivity contribution in [1.82, 2.24) is 4.31 Å². The Kier molecular flexibility index (Phi) is 5.03. The lowest BCUT2D eigenvalue weighted by Crippen LogP contribution is -2.48. The fraction of sp³-hybridized carbons (Fsp3) is 0.462. The van der Waals surface area contributed by atoms with Crippen LogP contribution in [0.5, 0.6) is 0 Å². The first kappa shape index (κ1) is 17.5. The smallest absolute Gasteiger partial charge is 0.244 e. The molecule has 1 aromatic rings. The van der Waals surface area contributed by atoms with E-state index < -0.39 is 21.6 Å². The molecule has 0 spiro atoms. The highest BCUT2D eigenvalue weighted by atomic mass is 35.5. The van der Waals surface area contributed by atoms with Gasteiger partial charge in [-0.15, -0.1) is 0 Å². The summed E-state index contributed by atoms with van der Waals surface area (Å²) < 4.78 is 32.1. The number of rotatable bonds is 3. The molecular formula is C13H14Cl2NO5S-. The lowest BCUT2D eigenvalue weighted by atomic mass is 10.2. The molecule has 1 fully saturated rings. The molecule has 1 aliphatic heterocycles. The van der Waals surface area contributed by atoms with Crippen molar-refractivity contribution in [3.63, 3.8) is 0 Å². The van der Waals surface area contributed by atoms with Gasteiger partial charge < -0.3 is 14.6 Å². The number of sulfonamides is 1. The van der Waals surface area contributed by atoms with Crippen LogP contribution in [-0.2, 0) is 14.8 Å². The minimum absolute atomic E-state index is 0.137. The second-order valence-electron chi connectivity index (χ2n) is 5.13. The zero-order chi connectivity index (χ0) is 16.7. The van der Waals surface area contributed by atoms with E-state index in [0.29, 0.717) is 0 Å². The Hall–Kier alpha value is -0.860. The molecule has 2 rings (SSSR count). The average Bonchev–Trinajstić information content (AvgIpc) is 2.36. The van der Waals surface area contributed by atoms with E-state index in [4.69, 9.17) is 27.9 Å². The minimum Gasteiger partial charge on any atom is -0.545 e. The van der Waals surface area contributed by atoms with Gasteiger partial charge in [0.05, 0.1) is 28.2 Å². The number of carboxylic acid groups (broad SMARTS) is 1. The predicted molar refractivity (Wildman–Crippen MR) is 79.6 cm³/mol. The van der Waals surface area contributed by atoms with Crippen molar-refractivity contribution in [2.75, 3.05) is 13.1 Å². The van der Waals surface area contributed by atoms with E-state index in [2.05, 4.69) is 0 Å². The summed E-state index contributed by atoms with van der Waals surface area (Å²) in [5.41, 5.74) is -0.418. The van der Waals surface area contributed by atoms with Crippen molar-refractivity contribution >= 4 is 39.2 Å². The molecule has 0 bridgehead atoms. The van der Waals surface area contributed by atoms with Gasteiger partial charge in [0.1, 0.15) is 4.90 Å². The SMILES string of the molecule is C[C@@H]1CN(S(=O)(=O)c2cc(C(=O)[O-])c(Cl)cc2Cl)C[C@@H](C)O1. The molecule has 1 aliphatic rings. The van der Waals surface area contributed by atoms with Gasteiger partial charge in [0.15, 0.2) is 0 Å². The van der Waals surface area contributed by atoms with Crippen LogP contribution < -0.4 is 5.11 Å². The fourth-order valence-electron chi connectivity index (χ4n) is 2.35. The van der Waals surface area contributed by atoms with Crippen LogP contribution >= 0.6 is 23.2 Å². The highest BCUT2D eigenvalue weighted by molar-refractivity contribution is 7.89. The summed E-state index contributed by atoms with van der Waals surface area (Å²) in [6, 6.07) is 2.02. The largest absolute Gasteiger partial charge is 0.545 e. The molecule has 0 amide bonds. The van der Waals surface area contributed by atoms with Crippen LogP contribution in [0, 0.1) is 0 Å². The summed E-state index contributed by atoms with van der Waals surface area (Å²) >= 11 is 11.7. The number of hydrogen-bond donors (Lipinski definition) is 0. The number of ether oxygens (including phenoxy) is 1. The van der Waals surface area contributed by atoms with Gasteiger partial charge >= 0.3 is 0 Å². The third kappa shape index (κ3) is 3.38. The van der Waals surface area contributed by atoms with Crippen LogP contribution in [0.3, 0.4) is 0 Å². The predicted octanol–water partition coefficient (Wildman–Crippen LogP) is 1.15. The quantitative estimate of drug-likeness (QED) is 0.800. The van der Waals surface area contributed by atoms with Crippen LogP contribution in [-0.4, -0.2) is 44.0 Å². The zero-order valence-electron chi connectivity index (χ0n) is 11.9. The van der Waals surface area contributed by atoms with Gasteiger partial charge in [-0.3, -0.25) is 0 Å². The minimum atomic E-state index is -3.96. The van der Waals surface area contributed by atoms with Gasteiger partial charge in [0.2, 0.25) is 10.0 Å². The lowest BCUT2D eigenvalue weighted by molar-refractivity contribution is -0.255. The zero-order valence-corrected chi connectivity index (χ0v) is 14.2. The van der Waals surface area contributed by atoms with Gasteiger partial charge in [0.25, 0.3) is 0 Å². The molecule has 0 aliphatic carbocycles. The Morgan fingerprint density at radius 3 is 2.27 bits per heavy atom. The van der Waals surface area contributed by atoms with Gasteiger partial charge in [-0.1, -0.05) is 23.2 Å². The van der Waals surface area contributed by atoms with Gasteiger partial charge in [-0.2, -0.15) is 4.31 Å². The Balaban J connectivity index is 2.49. The summed E-state index contributed by atoms with van der Waals surface area (Å²) in [4.78, 5) is 10.7. The number of carbonyl (C=O) groups excluding carboxylic acids is 1. The Morgan fingerprint density at radius 2 is 1.77 bits per heavy atom. The normalized spacial score (nSPS) is 23.5. The summed E-state index contributed by atoms with van der Waals surface area (Å²) in [5, 5.41) is 10.7. The summed E-state index contributed by atoms with van der Waals surface area (Å²) in [5.74, 6) is -1.57. The molecule has 0 unspecified atom stereocenters. The Labute approximate surface area is 138 Å². The summed E-state index contributed by atoms with van der Waals surface area (Å²) in [7, 11) is -3.96. The van der Waals surface area contributed by atoms with Gasteiger partial charge in [-0.25, -0.2) is 8.42 Å². The molecule has 0 aromatic heterocycles. The maximum Gasteiger partial charge on any atom is 0.244 e. The molecule has 6 nitrogen and oxygen atoms in total. The van der Waals surface area contributed by atoms with Crippen LogP contribution in [0.15, 0.2) is 17.0 Å². The van der Waals surface area contributed by atoms with Crippen molar-refractivity contribution in [2.24, 2.45) is 0 Å². The fourth-order valence-corrected chi connectivity index (χ4v) is 4.76. The molecular weight excluding hydrogens is 353 g/mol. The number of aromatic carboxylic acids is 1. The second-order valence-corrected chi connectivity index (χ2v) is 7.85. The number of carbonyl (C=O) groups is 1. The maximum absolute atomic E-state index is 12.7. The molecule has 1 aromatic carbocycles. The van der Waals surface area contributed by atoms with Gasteiger partial charge in [0, 0.05) is 18.7 Å². The van der Waals surface area contributed by atoms with Crippen molar-refractivity contribution < 1.29 is 23.1 Å². The molecule has 2 atom stereocenters. The standard InChI is InChI=1S/C13H15Cl2NO5S/c1-7-5-16(6-8(2)21-7)22(19,20)12-3-9(13(17)18)10(14)4-11(12)15/h3-4,7-8H,5-6H2,1-2H3,(H,17,18)/p-1/t7-,8-/m1/s1. The van der Waals surface area contributed by atoms with E-state index in [1.165, 1.54) is 4.31 Å². The lowest BCUT2D eigenvalue weighted by Gasteiger charge is -2.34. The molecule has 1 heterocycles. The Bertz CT molecular complexity index is 697. The topological polar surface area (TPSA) is 86.7 Å². The number of benzene rings is 1. The summed E-state index contributed by atoms with van der Waals surface area (Å²) in [6.45, 7) is 3.83. The first-order valence-electron chi connectivity index (χ1n) is 6.49. The van der Waals surface area contributed by atoms with E-state index in [1.807, 2.05) is 0 Å². The van der Waals surface area contributed by atoms with E-state index in [9.17, 15) is 18.3 Å². The van der Waals surface area contributed by atoms with E-state index in [1.54, 1.807) is 13.8 Å². The molecule has 0 saturated carbocycles. The number of carboxylic acids is 1. The highest BCUT2D eigenvalue weighted by Crippen LogP contribution is 2.31. The molecule has 122 valence electrons. The van der Waals surface area contributed by atoms with Crippen molar-refractivity contribution in [3.05, 3.63) is 27.7 Å². The van der Waals surface area contributed by atoms with Crippen LogP contribution in [0.1, 0.15) is 24.2 Å². The van der Waals surface area contributed by atoms with Crippen LogP contribution in [0.2, 0.25) is 10.0 Å². The summed E-state index contributed by atoms with van der Waals surface area (Å²) in [6.07, 6.45) is -0.546. The van der Waals surface area contributed by atoms with Crippen LogP contribution in [0.4, 0.5) is 0 Å².